The topological polar surface area (TPSA) is 89.5 Å². The van der Waals surface area contributed by atoms with Crippen LogP contribution in [0.3, 0.4) is 0 Å². The zero-order chi connectivity index (χ0) is 22.5. The number of carbonyl (C=O) groups excluding carboxylic acids is 2. The minimum atomic E-state index is -0.297. The highest BCUT2D eigenvalue weighted by atomic mass is 32.1. The Morgan fingerprint density at radius 3 is 2.50 bits per heavy atom. The van der Waals surface area contributed by atoms with Crippen LogP contribution < -0.4 is 20.1 Å². The molecule has 1 aromatic heterocycles. The molecule has 0 saturated heterocycles. The number of hydrogen-bond acceptors (Lipinski definition) is 6. The molecule has 8 heteroatoms. The van der Waals surface area contributed by atoms with Crippen LogP contribution in [0.4, 0.5) is 11.4 Å². The number of anilines is 2. The third kappa shape index (κ3) is 5.22. The molecule has 0 saturated carbocycles. The number of methoxy groups -OCH3 is 1. The van der Waals surface area contributed by atoms with Crippen LogP contribution in [-0.2, 0) is 4.79 Å². The lowest BCUT2D eigenvalue weighted by Gasteiger charge is -2.09. The van der Waals surface area contributed by atoms with Gasteiger partial charge in [0.25, 0.3) is 11.8 Å². The molecule has 0 unspecified atom stereocenters. The Hall–Kier alpha value is -3.91. The minimum Gasteiger partial charge on any atom is -0.497 e. The second kappa shape index (κ2) is 9.49. The summed E-state index contributed by atoms with van der Waals surface area (Å²) in [7, 11) is 1.56. The van der Waals surface area contributed by atoms with Crippen LogP contribution in [0.15, 0.2) is 66.7 Å². The summed E-state index contributed by atoms with van der Waals surface area (Å²) in [5.41, 5.74) is 2.73. The van der Waals surface area contributed by atoms with Crippen molar-refractivity contribution in [3.05, 3.63) is 77.3 Å². The van der Waals surface area contributed by atoms with E-state index in [9.17, 15) is 9.59 Å². The number of hydrogen-bond donors (Lipinski definition) is 2. The SMILES string of the molecule is COc1cccc(NC(=O)COc2ccc(C(=O)Nc3ccc4nc(C)sc4c3)cc2)c1. The summed E-state index contributed by atoms with van der Waals surface area (Å²) in [6.45, 7) is 1.80. The number of amides is 2. The van der Waals surface area contributed by atoms with Crippen molar-refractivity contribution in [3.63, 3.8) is 0 Å². The van der Waals surface area contributed by atoms with Crippen molar-refractivity contribution in [2.24, 2.45) is 0 Å². The maximum atomic E-state index is 12.5. The van der Waals surface area contributed by atoms with Crippen LogP contribution in [0.1, 0.15) is 15.4 Å². The van der Waals surface area contributed by atoms with Crippen molar-refractivity contribution in [1.29, 1.82) is 0 Å². The molecule has 2 amide bonds. The number of thiazole rings is 1. The van der Waals surface area contributed by atoms with Crippen molar-refractivity contribution in [1.82, 2.24) is 4.98 Å². The second-order valence-electron chi connectivity index (χ2n) is 6.96. The van der Waals surface area contributed by atoms with E-state index in [2.05, 4.69) is 15.6 Å². The van der Waals surface area contributed by atoms with Crippen LogP contribution in [-0.4, -0.2) is 30.5 Å². The van der Waals surface area contributed by atoms with Gasteiger partial charge >= 0.3 is 0 Å². The molecule has 162 valence electrons. The first kappa shape index (κ1) is 21.3. The smallest absolute Gasteiger partial charge is 0.262 e. The normalized spacial score (nSPS) is 10.6. The maximum Gasteiger partial charge on any atom is 0.262 e. The van der Waals surface area contributed by atoms with Crippen molar-refractivity contribution >= 4 is 44.7 Å². The molecule has 4 aromatic rings. The largest absolute Gasteiger partial charge is 0.497 e. The van der Waals surface area contributed by atoms with Gasteiger partial charge in [0, 0.05) is 23.0 Å². The quantitative estimate of drug-likeness (QED) is 0.421. The average molecular weight is 448 g/mol. The molecule has 0 spiro atoms. The predicted octanol–water partition coefficient (Wildman–Crippen LogP) is 4.88. The van der Waals surface area contributed by atoms with Crippen molar-refractivity contribution in [2.75, 3.05) is 24.4 Å². The van der Waals surface area contributed by atoms with Crippen LogP contribution in [0.25, 0.3) is 10.2 Å². The lowest BCUT2D eigenvalue weighted by Crippen LogP contribution is -2.20. The first-order chi connectivity index (χ1) is 15.5. The Morgan fingerprint density at radius 1 is 0.938 bits per heavy atom. The molecule has 0 atom stereocenters. The molecular weight excluding hydrogens is 426 g/mol. The van der Waals surface area contributed by atoms with Gasteiger partial charge in [-0.3, -0.25) is 9.59 Å². The third-order valence-electron chi connectivity index (χ3n) is 4.59. The number of nitrogens with zero attached hydrogens (tertiary/aromatic N) is 1. The van der Waals surface area contributed by atoms with Crippen LogP contribution in [0.5, 0.6) is 11.5 Å². The highest BCUT2D eigenvalue weighted by Crippen LogP contribution is 2.25. The Morgan fingerprint density at radius 2 is 1.72 bits per heavy atom. The van der Waals surface area contributed by atoms with E-state index >= 15 is 0 Å². The molecule has 0 radical (unpaired) electrons. The highest BCUT2D eigenvalue weighted by Gasteiger charge is 2.09. The van der Waals surface area contributed by atoms with E-state index in [1.165, 1.54) is 0 Å². The molecule has 0 aliphatic heterocycles. The van der Waals surface area contributed by atoms with Crippen LogP contribution in [0, 0.1) is 6.92 Å². The number of benzene rings is 3. The zero-order valence-corrected chi connectivity index (χ0v) is 18.4. The Balaban J connectivity index is 1.31. The van der Waals surface area contributed by atoms with E-state index in [-0.39, 0.29) is 18.4 Å². The summed E-state index contributed by atoms with van der Waals surface area (Å²) in [5, 5.41) is 6.62. The Kier molecular flexibility index (Phi) is 6.32. The molecule has 3 aromatic carbocycles. The van der Waals surface area contributed by atoms with Crippen LogP contribution in [0.2, 0.25) is 0 Å². The third-order valence-corrected chi connectivity index (χ3v) is 5.53. The summed E-state index contributed by atoms with van der Waals surface area (Å²) in [4.78, 5) is 29.1. The fourth-order valence-corrected chi connectivity index (χ4v) is 3.94. The fourth-order valence-electron chi connectivity index (χ4n) is 3.07. The molecule has 0 aliphatic carbocycles. The van der Waals surface area contributed by atoms with E-state index in [4.69, 9.17) is 9.47 Å². The number of aryl methyl sites for hydroxylation is 1. The molecule has 2 N–H and O–H groups in total. The van der Waals surface area contributed by atoms with Gasteiger partial charge in [-0.15, -0.1) is 11.3 Å². The fraction of sp³-hybridized carbons (Fsp3) is 0.125. The van der Waals surface area contributed by atoms with Gasteiger partial charge in [0.1, 0.15) is 11.5 Å². The van der Waals surface area contributed by atoms with Gasteiger partial charge in [-0.2, -0.15) is 0 Å². The highest BCUT2D eigenvalue weighted by molar-refractivity contribution is 7.18. The summed E-state index contributed by atoms with van der Waals surface area (Å²) >= 11 is 1.58. The van der Waals surface area contributed by atoms with Gasteiger partial charge in [0.2, 0.25) is 0 Å². The molecule has 4 rings (SSSR count). The monoisotopic (exact) mass is 447 g/mol. The summed E-state index contributed by atoms with van der Waals surface area (Å²) < 4.78 is 11.7. The van der Waals surface area contributed by atoms with E-state index < -0.39 is 0 Å². The van der Waals surface area contributed by atoms with Crippen LogP contribution >= 0.6 is 11.3 Å². The van der Waals surface area contributed by atoms with Crippen molar-refractivity contribution < 1.29 is 19.1 Å². The van der Waals surface area contributed by atoms with Gasteiger partial charge in [-0.25, -0.2) is 4.98 Å². The molecular formula is C24H21N3O4S. The van der Waals surface area contributed by atoms with Crippen molar-refractivity contribution in [2.45, 2.75) is 6.92 Å². The first-order valence-electron chi connectivity index (χ1n) is 9.85. The minimum absolute atomic E-state index is 0.156. The number of ether oxygens (including phenoxy) is 2. The van der Waals surface area contributed by atoms with E-state index in [1.807, 2.05) is 25.1 Å². The van der Waals surface area contributed by atoms with Gasteiger partial charge < -0.3 is 20.1 Å². The van der Waals surface area contributed by atoms with E-state index in [0.29, 0.717) is 28.4 Å². The lowest BCUT2D eigenvalue weighted by molar-refractivity contribution is -0.118. The molecule has 7 nitrogen and oxygen atoms in total. The first-order valence-corrected chi connectivity index (χ1v) is 10.7. The van der Waals surface area contributed by atoms with Gasteiger partial charge in [-0.1, -0.05) is 6.07 Å². The summed E-state index contributed by atoms with van der Waals surface area (Å²) in [5.74, 6) is 0.616. The van der Waals surface area contributed by atoms with Crippen molar-refractivity contribution in [3.8, 4) is 11.5 Å². The van der Waals surface area contributed by atoms with E-state index in [0.717, 1.165) is 15.2 Å². The zero-order valence-electron chi connectivity index (χ0n) is 17.5. The maximum absolute atomic E-state index is 12.5. The van der Waals surface area contributed by atoms with Gasteiger partial charge in [-0.05, 0) is 61.5 Å². The Bertz CT molecular complexity index is 1270. The molecule has 0 fully saturated rings. The molecule has 32 heavy (non-hydrogen) atoms. The lowest BCUT2D eigenvalue weighted by atomic mass is 10.2. The Labute approximate surface area is 189 Å². The summed E-state index contributed by atoms with van der Waals surface area (Å²) in [6, 6.07) is 19.3. The molecule has 0 aliphatic rings. The summed E-state index contributed by atoms with van der Waals surface area (Å²) in [6.07, 6.45) is 0. The van der Waals surface area contributed by atoms with E-state index in [1.54, 1.807) is 67.0 Å². The number of nitrogens with one attached hydrogen (secondary N) is 2. The second-order valence-corrected chi connectivity index (χ2v) is 8.20. The molecule has 1 heterocycles. The van der Waals surface area contributed by atoms with Gasteiger partial charge in [0.05, 0.1) is 22.3 Å². The number of fused-ring (bicyclic) bond motifs is 1. The number of aromatic nitrogens is 1. The average Bonchev–Trinajstić information content (AvgIpc) is 3.17. The number of carbonyl (C=O) groups is 2. The van der Waals surface area contributed by atoms with Gasteiger partial charge in [0.15, 0.2) is 6.61 Å². The number of rotatable bonds is 7. The molecule has 0 bridgehead atoms. The predicted molar refractivity (Wildman–Crippen MR) is 126 cm³/mol. The standard InChI is InChI=1S/C24H21N3O4S/c1-15-25-21-11-8-18(13-22(21)32-15)27-24(29)16-6-9-19(10-7-16)31-14-23(28)26-17-4-3-5-20(12-17)30-2/h3-13H,14H2,1-2H3,(H,26,28)(H,27,29).